The molecule has 2 heterocycles. The first-order valence-electron chi connectivity index (χ1n) is 6.56. The molecule has 1 saturated heterocycles. The lowest BCUT2D eigenvalue weighted by Gasteiger charge is -2.20. The molecule has 0 bridgehead atoms. The summed E-state index contributed by atoms with van der Waals surface area (Å²) < 4.78 is 28.5. The van der Waals surface area contributed by atoms with Crippen molar-refractivity contribution in [1.29, 1.82) is 0 Å². The second-order valence-corrected chi connectivity index (χ2v) is 5.36. The SMILES string of the molecule is O=C1Cc2cc(C(F)(F)CC3CCNC3)ccc2N1. The van der Waals surface area contributed by atoms with Crippen LogP contribution in [0.25, 0.3) is 0 Å². The molecule has 1 unspecified atom stereocenters. The molecule has 0 spiro atoms. The maximum atomic E-state index is 14.2. The second kappa shape index (κ2) is 4.56. The molecule has 0 aromatic heterocycles. The number of benzene rings is 1. The number of amides is 1. The molecule has 0 radical (unpaired) electrons. The van der Waals surface area contributed by atoms with Gasteiger partial charge in [-0.15, -0.1) is 0 Å². The quantitative estimate of drug-likeness (QED) is 0.881. The van der Waals surface area contributed by atoms with Gasteiger partial charge in [0.2, 0.25) is 5.91 Å². The average molecular weight is 266 g/mol. The van der Waals surface area contributed by atoms with E-state index in [4.69, 9.17) is 0 Å². The fourth-order valence-electron chi connectivity index (χ4n) is 2.83. The molecular formula is C14H16F2N2O. The van der Waals surface area contributed by atoms with Crippen LogP contribution in [-0.2, 0) is 17.1 Å². The highest BCUT2D eigenvalue weighted by atomic mass is 19.3. The Morgan fingerprint density at radius 3 is 2.95 bits per heavy atom. The van der Waals surface area contributed by atoms with Gasteiger partial charge in [0, 0.05) is 17.7 Å². The Balaban J connectivity index is 1.80. The number of anilines is 1. The Kier molecular flexibility index (Phi) is 3.01. The standard InChI is InChI=1S/C14H16F2N2O/c15-14(16,7-9-3-4-17-8-9)11-1-2-12-10(5-11)6-13(19)18-12/h1-2,5,9,17H,3-4,6-8H2,(H,18,19). The number of carbonyl (C=O) groups excluding carboxylic acids is 1. The fourth-order valence-corrected chi connectivity index (χ4v) is 2.83. The predicted molar refractivity (Wildman–Crippen MR) is 68.3 cm³/mol. The zero-order chi connectivity index (χ0) is 13.5. The van der Waals surface area contributed by atoms with Crippen LogP contribution in [0.3, 0.4) is 0 Å². The van der Waals surface area contributed by atoms with Crippen molar-refractivity contribution in [2.45, 2.75) is 25.2 Å². The Hall–Kier alpha value is -1.49. The number of alkyl halides is 2. The van der Waals surface area contributed by atoms with Crippen LogP contribution in [0.1, 0.15) is 24.0 Å². The van der Waals surface area contributed by atoms with Gasteiger partial charge >= 0.3 is 0 Å². The molecule has 3 rings (SSSR count). The van der Waals surface area contributed by atoms with Gasteiger partial charge in [0.05, 0.1) is 6.42 Å². The summed E-state index contributed by atoms with van der Waals surface area (Å²) in [6.07, 6.45) is 0.880. The third kappa shape index (κ3) is 2.47. The van der Waals surface area contributed by atoms with E-state index in [0.717, 1.165) is 13.0 Å². The first kappa shape index (κ1) is 12.5. The molecule has 2 N–H and O–H groups in total. The Morgan fingerprint density at radius 1 is 1.37 bits per heavy atom. The van der Waals surface area contributed by atoms with E-state index in [-0.39, 0.29) is 30.2 Å². The van der Waals surface area contributed by atoms with Crippen LogP contribution >= 0.6 is 0 Å². The molecular weight excluding hydrogens is 250 g/mol. The Bertz CT molecular complexity index is 510. The normalized spacial score (nSPS) is 22.4. The first-order valence-corrected chi connectivity index (χ1v) is 6.56. The van der Waals surface area contributed by atoms with E-state index in [1.807, 2.05) is 0 Å². The monoisotopic (exact) mass is 266 g/mol. The minimum absolute atomic E-state index is 0.0228. The Labute approximate surface area is 110 Å². The lowest BCUT2D eigenvalue weighted by Crippen LogP contribution is -2.20. The molecule has 19 heavy (non-hydrogen) atoms. The van der Waals surface area contributed by atoms with E-state index < -0.39 is 5.92 Å². The number of fused-ring (bicyclic) bond motifs is 1. The van der Waals surface area contributed by atoms with Crippen molar-refractivity contribution in [3.63, 3.8) is 0 Å². The zero-order valence-corrected chi connectivity index (χ0v) is 10.5. The number of nitrogens with one attached hydrogen (secondary N) is 2. The number of halogens is 2. The molecule has 102 valence electrons. The summed E-state index contributed by atoms with van der Waals surface area (Å²) in [6, 6.07) is 4.47. The van der Waals surface area contributed by atoms with Crippen molar-refractivity contribution in [2.75, 3.05) is 18.4 Å². The largest absolute Gasteiger partial charge is 0.326 e. The summed E-state index contributed by atoms with van der Waals surface area (Å²) in [5.74, 6) is -2.92. The van der Waals surface area contributed by atoms with Crippen LogP contribution in [0, 0.1) is 5.92 Å². The molecule has 1 atom stereocenters. The van der Waals surface area contributed by atoms with Crippen molar-refractivity contribution < 1.29 is 13.6 Å². The predicted octanol–water partition coefficient (Wildman–Crippen LogP) is 2.27. The summed E-state index contributed by atoms with van der Waals surface area (Å²) >= 11 is 0. The van der Waals surface area contributed by atoms with Gasteiger partial charge in [0.15, 0.2) is 0 Å². The van der Waals surface area contributed by atoms with Gasteiger partial charge < -0.3 is 10.6 Å². The smallest absolute Gasteiger partial charge is 0.273 e. The van der Waals surface area contributed by atoms with Gasteiger partial charge in [-0.1, -0.05) is 6.07 Å². The van der Waals surface area contributed by atoms with E-state index in [1.54, 1.807) is 6.07 Å². The molecule has 2 aliphatic heterocycles. The fraction of sp³-hybridized carbons (Fsp3) is 0.500. The summed E-state index contributed by atoms with van der Waals surface area (Å²) in [7, 11) is 0. The van der Waals surface area contributed by atoms with E-state index >= 15 is 0 Å². The maximum Gasteiger partial charge on any atom is 0.273 e. The van der Waals surface area contributed by atoms with Crippen LogP contribution in [0.4, 0.5) is 14.5 Å². The third-order valence-electron chi connectivity index (χ3n) is 3.86. The molecule has 0 saturated carbocycles. The first-order chi connectivity index (χ1) is 9.04. The van der Waals surface area contributed by atoms with Gasteiger partial charge in [-0.05, 0) is 43.1 Å². The highest BCUT2D eigenvalue weighted by Crippen LogP contribution is 2.38. The minimum atomic E-state index is -2.82. The lowest BCUT2D eigenvalue weighted by atomic mass is 9.94. The molecule has 3 nitrogen and oxygen atoms in total. The molecule has 1 aromatic carbocycles. The molecule has 0 aliphatic carbocycles. The summed E-state index contributed by atoms with van der Waals surface area (Å²) in [5, 5.41) is 5.76. The van der Waals surface area contributed by atoms with Crippen LogP contribution < -0.4 is 10.6 Å². The van der Waals surface area contributed by atoms with Gasteiger partial charge in [0.25, 0.3) is 5.92 Å². The minimum Gasteiger partial charge on any atom is -0.326 e. The molecule has 5 heteroatoms. The van der Waals surface area contributed by atoms with Crippen molar-refractivity contribution in [3.8, 4) is 0 Å². The van der Waals surface area contributed by atoms with E-state index in [2.05, 4.69) is 10.6 Å². The molecule has 1 fully saturated rings. The van der Waals surface area contributed by atoms with E-state index in [9.17, 15) is 13.6 Å². The summed E-state index contributed by atoms with van der Waals surface area (Å²) in [5.41, 5.74) is 1.36. The van der Waals surface area contributed by atoms with Crippen LogP contribution in [-0.4, -0.2) is 19.0 Å². The second-order valence-electron chi connectivity index (χ2n) is 5.36. The number of carbonyl (C=O) groups is 1. The van der Waals surface area contributed by atoms with Crippen molar-refractivity contribution in [3.05, 3.63) is 29.3 Å². The number of rotatable bonds is 3. The van der Waals surface area contributed by atoms with Crippen molar-refractivity contribution >= 4 is 11.6 Å². The lowest BCUT2D eigenvalue weighted by molar-refractivity contribution is -0.115. The van der Waals surface area contributed by atoms with Crippen LogP contribution in [0.15, 0.2) is 18.2 Å². The number of hydrogen-bond acceptors (Lipinski definition) is 2. The van der Waals surface area contributed by atoms with Crippen molar-refractivity contribution in [1.82, 2.24) is 5.32 Å². The van der Waals surface area contributed by atoms with Gasteiger partial charge in [-0.25, -0.2) is 8.78 Å². The summed E-state index contributed by atoms with van der Waals surface area (Å²) in [6.45, 7) is 1.49. The van der Waals surface area contributed by atoms with E-state index in [0.29, 0.717) is 17.8 Å². The van der Waals surface area contributed by atoms with Gasteiger partial charge in [-0.2, -0.15) is 0 Å². The maximum absolute atomic E-state index is 14.2. The topological polar surface area (TPSA) is 41.1 Å². The van der Waals surface area contributed by atoms with Crippen LogP contribution in [0.2, 0.25) is 0 Å². The average Bonchev–Trinajstić information content (AvgIpc) is 2.95. The highest BCUT2D eigenvalue weighted by molar-refractivity contribution is 5.99. The zero-order valence-electron chi connectivity index (χ0n) is 10.5. The molecule has 2 aliphatic rings. The molecule has 1 aromatic rings. The van der Waals surface area contributed by atoms with Gasteiger partial charge in [-0.3, -0.25) is 4.79 Å². The number of hydrogen-bond donors (Lipinski definition) is 2. The summed E-state index contributed by atoms with van der Waals surface area (Å²) in [4.78, 5) is 11.2. The molecule has 1 amide bonds. The third-order valence-corrected chi connectivity index (χ3v) is 3.86. The van der Waals surface area contributed by atoms with E-state index in [1.165, 1.54) is 12.1 Å². The van der Waals surface area contributed by atoms with Crippen molar-refractivity contribution in [2.24, 2.45) is 5.92 Å². The highest BCUT2D eigenvalue weighted by Gasteiger charge is 2.36. The van der Waals surface area contributed by atoms with Gasteiger partial charge in [0.1, 0.15) is 0 Å². The van der Waals surface area contributed by atoms with Crippen LogP contribution in [0.5, 0.6) is 0 Å². The Morgan fingerprint density at radius 2 is 2.21 bits per heavy atom.